The summed E-state index contributed by atoms with van der Waals surface area (Å²) < 4.78 is 43.1. The van der Waals surface area contributed by atoms with Crippen LogP contribution in [0, 0.1) is 5.92 Å². The lowest BCUT2D eigenvalue weighted by molar-refractivity contribution is -0.137. The normalized spacial score (nSPS) is 19.7. The number of rotatable bonds is 5. The van der Waals surface area contributed by atoms with Crippen molar-refractivity contribution in [2.75, 3.05) is 10.2 Å². The molecule has 1 saturated heterocycles. The van der Waals surface area contributed by atoms with E-state index >= 15 is 0 Å². The van der Waals surface area contributed by atoms with Crippen LogP contribution in [0.2, 0.25) is 0 Å². The number of alkyl halides is 3. The first kappa shape index (κ1) is 28.6. The molecule has 2 aromatic heterocycles. The number of hydrogen-bond acceptors (Lipinski definition) is 7. The van der Waals surface area contributed by atoms with Gasteiger partial charge in [-0.05, 0) is 35.0 Å². The Morgan fingerprint density at radius 2 is 1.64 bits per heavy atom. The highest BCUT2D eigenvalue weighted by molar-refractivity contribution is 8.00. The number of imide groups is 1. The monoisotopic (exact) mass is 651 g/mol. The van der Waals surface area contributed by atoms with Gasteiger partial charge >= 0.3 is 11.0 Å². The van der Waals surface area contributed by atoms with Crippen molar-refractivity contribution in [3.8, 4) is 0 Å². The smallest absolute Gasteiger partial charge is 0.324 e. The summed E-state index contributed by atoms with van der Waals surface area (Å²) in [5.74, 6) is -3.78. The summed E-state index contributed by atoms with van der Waals surface area (Å²) in [4.78, 5) is 55.7. The molecule has 3 aromatic carbocycles. The summed E-state index contributed by atoms with van der Waals surface area (Å²) in [6.07, 6.45) is -4.79. The average molecular weight is 652 g/mol. The van der Waals surface area contributed by atoms with Gasteiger partial charge in [0.05, 0.1) is 22.2 Å². The first-order valence-corrected chi connectivity index (χ1v) is 16.0. The number of hydrogen-bond donors (Lipinski definition) is 1. The third kappa shape index (κ3) is 4.66. The summed E-state index contributed by atoms with van der Waals surface area (Å²) in [5.41, 5.74) is -1.04. The van der Waals surface area contributed by atoms with Gasteiger partial charge in [-0.3, -0.25) is 23.7 Å². The van der Waals surface area contributed by atoms with Gasteiger partial charge in [0.1, 0.15) is 11.8 Å². The maximum absolute atomic E-state index is 13.9. The zero-order valence-electron chi connectivity index (χ0n) is 22.4. The van der Waals surface area contributed by atoms with Gasteiger partial charge in [0.25, 0.3) is 0 Å². The SMILES string of the molecule is O=C(Cn1c2c(sc1=O)C(c1cccs1)C1C(=O)N(c3ccccc3C(F)(F)F)C(=O)C1S2)Nc1cccc2ccccc12. The Morgan fingerprint density at radius 1 is 0.886 bits per heavy atom. The van der Waals surface area contributed by atoms with Gasteiger partial charge in [0.15, 0.2) is 0 Å². The lowest BCUT2D eigenvalue weighted by Gasteiger charge is -2.29. The predicted octanol–water partition coefficient (Wildman–Crippen LogP) is 6.58. The van der Waals surface area contributed by atoms with E-state index in [2.05, 4.69) is 5.32 Å². The van der Waals surface area contributed by atoms with Gasteiger partial charge in [-0.25, -0.2) is 4.90 Å². The summed E-state index contributed by atoms with van der Waals surface area (Å²) >= 11 is 3.16. The number of thiazole rings is 1. The third-order valence-corrected chi connectivity index (χ3v) is 11.3. The van der Waals surface area contributed by atoms with Crippen molar-refractivity contribution in [1.82, 2.24) is 4.57 Å². The lowest BCUT2D eigenvalue weighted by Crippen LogP contribution is -2.33. The topological polar surface area (TPSA) is 88.5 Å². The van der Waals surface area contributed by atoms with Crippen LogP contribution < -0.4 is 15.1 Å². The number of aromatic nitrogens is 1. The molecule has 3 amide bonds. The molecule has 0 bridgehead atoms. The van der Waals surface area contributed by atoms with E-state index in [9.17, 15) is 32.3 Å². The number of carbonyl (C=O) groups excluding carboxylic acids is 3. The van der Waals surface area contributed by atoms with E-state index in [0.717, 1.165) is 46.0 Å². The maximum Gasteiger partial charge on any atom is 0.418 e. The fraction of sp³-hybridized carbons (Fsp3) is 0.161. The molecule has 1 fully saturated rings. The number of nitrogens with one attached hydrogen (secondary N) is 1. The van der Waals surface area contributed by atoms with Crippen LogP contribution in [0.3, 0.4) is 0 Å². The van der Waals surface area contributed by atoms with Crippen LogP contribution in [-0.2, 0) is 27.1 Å². The van der Waals surface area contributed by atoms with Crippen molar-refractivity contribution in [3.05, 3.63) is 109 Å². The van der Waals surface area contributed by atoms with Gasteiger partial charge in [-0.2, -0.15) is 13.2 Å². The molecule has 3 atom stereocenters. The van der Waals surface area contributed by atoms with Crippen molar-refractivity contribution >= 4 is 74.3 Å². The molecule has 0 spiro atoms. The van der Waals surface area contributed by atoms with Gasteiger partial charge in [0, 0.05) is 26.7 Å². The summed E-state index contributed by atoms with van der Waals surface area (Å²) in [7, 11) is 0. The number of anilines is 2. The molecule has 0 radical (unpaired) electrons. The number of thioether (sulfide) groups is 1. The van der Waals surface area contributed by atoms with Crippen LogP contribution in [0.25, 0.3) is 10.8 Å². The average Bonchev–Trinajstić information content (AvgIpc) is 3.70. The van der Waals surface area contributed by atoms with Crippen LogP contribution >= 0.6 is 34.4 Å². The Labute approximate surface area is 259 Å². The highest BCUT2D eigenvalue weighted by atomic mass is 32.2. The van der Waals surface area contributed by atoms with Gasteiger partial charge in [0.2, 0.25) is 17.7 Å². The zero-order chi connectivity index (χ0) is 30.7. The number of carbonyl (C=O) groups is 3. The maximum atomic E-state index is 13.9. The Morgan fingerprint density at radius 3 is 2.41 bits per heavy atom. The molecule has 13 heteroatoms. The van der Waals surface area contributed by atoms with Crippen LogP contribution in [0.15, 0.2) is 94.1 Å². The number of benzene rings is 3. The van der Waals surface area contributed by atoms with E-state index in [4.69, 9.17) is 0 Å². The number of fused-ring (bicyclic) bond motifs is 3. The Kier molecular flexibility index (Phi) is 6.98. The molecule has 2 aliphatic heterocycles. The molecule has 5 aromatic rings. The van der Waals surface area contributed by atoms with Gasteiger partial charge < -0.3 is 5.32 Å². The highest BCUT2D eigenvalue weighted by Crippen LogP contribution is 2.55. The van der Waals surface area contributed by atoms with Crippen LogP contribution in [-0.4, -0.2) is 27.5 Å². The first-order valence-electron chi connectivity index (χ1n) is 13.4. The van der Waals surface area contributed by atoms with E-state index in [0.29, 0.717) is 25.4 Å². The fourth-order valence-corrected chi connectivity index (χ4v) is 9.56. The Hall–Kier alpha value is -4.20. The van der Waals surface area contributed by atoms with Crippen molar-refractivity contribution in [1.29, 1.82) is 0 Å². The molecule has 7 nitrogen and oxygen atoms in total. The minimum absolute atomic E-state index is 0.349. The first-order chi connectivity index (χ1) is 21.1. The molecule has 0 saturated carbocycles. The number of amides is 3. The second-order valence-corrected chi connectivity index (χ2v) is 13.4. The molecular formula is C31H20F3N3O4S3. The molecule has 4 heterocycles. The van der Waals surface area contributed by atoms with Gasteiger partial charge in [-0.15, -0.1) is 11.3 Å². The fourth-order valence-electron chi connectivity index (χ4n) is 5.84. The third-order valence-electron chi connectivity index (χ3n) is 7.71. The van der Waals surface area contributed by atoms with Crippen molar-refractivity contribution in [3.63, 3.8) is 0 Å². The minimum atomic E-state index is -4.79. The van der Waals surface area contributed by atoms with Crippen molar-refractivity contribution < 1.29 is 27.6 Å². The lowest BCUT2D eigenvalue weighted by atomic mass is 9.87. The number of thiophene rings is 1. The molecule has 0 aliphatic carbocycles. The second kappa shape index (κ2) is 10.8. The molecule has 222 valence electrons. The molecule has 3 unspecified atom stereocenters. The van der Waals surface area contributed by atoms with Gasteiger partial charge in [-0.1, -0.05) is 77.7 Å². The summed E-state index contributed by atoms with van der Waals surface area (Å²) in [6, 6.07) is 21.1. The molecule has 7 rings (SSSR count). The van der Waals surface area contributed by atoms with Crippen molar-refractivity contribution in [2.45, 2.75) is 28.9 Å². The Balaban J connectivity index is 1.27. The van der Waals surface area contributed by atoms with Crippen LogP contribution in [0.4, 0.5) is 24.5 Å². The molecule has 44 heavy (non-hydrogen) atoms. The van der Waals surface area contributed by atoms with E-state index in [1.54, 1.807) is 23.6 Å². The van der Waals surface area contributed by atoms with Crippen LogP contribution in [0.1, 0.15) is 21.2 Å². The van der Waals surface area contributed by atoms with E-state index < -0.39 is 57.1 Å². The second-order valence-electron chi connectivity index (χ2n) is 10.3. The van der Waals surface area contributed by atoms with Crippen LogP contribution in [0.5, 0.6) is 0 Å². The predicted molar refractivity (Wildman–Crippen MR) is 164 cm³/mol. The summed E-state index contributed by atoms with van der Waals surface area (Å²) in [5, 5.41) is 5.68. The largest absolute Gasteiger partial charge is 0.418 e. The number of nitrogens with zero attached hydrogens (tertiary/aromatic N) is 2. The number of halogens is 3. The molecule has 1 N–H and O–H groups in total. The van der Waals surface area contributed by atoms with E-state index in [-0.39, 0.29) is 6.54 Å². The highest BCUT2D eigenvalue weighted by Gasteiger charge is 2.58. The van der Waals surface area contributed by atoms with E-state index in [1.807, 2.05) is 36.4 Å². The molecular weight excluding hydrogens is 632 g/mol. The van der Waals surface area contributed by atoms with E-state index in [1.165, 1.54) is 28.0 Å². The number of para-hydroxylation sites is 1. The summed E-state index contributed by atoms with van der Waals surface area (Å²) in [6.45, 7) is -0.349. The molecule has 2 aliphatic rings. The standard InChI is InChI=1S/C31H20F3N3O4S3/c32-31(33,34)18-10-3-4-12-20(18)37-27(39)24-23(21-13-6-14-42-21)26-29(43-25(24)28(37)40)36(30(41)44-26)15-22(38)35-19-11-5-8-16-7-1-2-9-17(16)19/h1-14,23-25H,15H2,(H,35,38). The zero-order valence-corrected chi connectivity index (χ0v) is 24.9. The minimum Gasteiger partial charge on any atom is -0.324 e. The Bertz CT molecular complexity index is 2010. The van der Waals surface area contributed by atoms with Crippen molar-refractivity contribution in [2.24, 2.45) is 5.92 Å². The quantitative estimate of drug-likeness (QED) is 0.217.